The lowest BCUT2D eigenvalue weighted by Gasteiger charge is -2.13. The molecule has 0 radical (unpaired) electrons. The molecule has 0 spiro atoms. The number of rotatable bonds is 5. The molecule has 0 atom stereocenters. The lowest BCUT2D eigenvalue weighted by atomic mass is 9.95. The topological polar surface area (TPSA) is 60.9 Å². The summed E-state index contributed by atoms with van der Waals surface area (Å²) in [4.78, 5) is 12.1. The Hall–Kier alpha value is -2.93. The fraction of sp³-hybridized carbons (Fsp3) is 0.261. The Morgan fingerprint density at radius 3 is 2.67 bits per heavy atom. The maximum atomic E-state index is 14.1. The molecule has 0 amide bonds. The summed E-state index contributed by atoms with van der Waals surface area (Å²) in [6, 6.07) is 12.1. The van der Waals surface area contributed by atoms with Crippen molar-refractivity contribution >= 4 is 22.7 Å². The monoisotopic (exact) mass is 423 g/mol. The standard InChI is InChI=1S/C23H22FN3O2S/c1-13(2)17-11-18-15(10-21(28)29-20(18)9-14(17)3)12-30-23-26-25-22(27(23)4)16-7-5-6-8-19(16)24/h5-11,13H,12H2,1-4H3. The fourth-order valence-electron chi connectivity index (χ4n) is 3.59. The Morgan fingerprint density at radius 2 is 1.93 bits per heavy atom. The highest BCUT2D eigenvalue weighted by Gasteiger charge is 2.16. The summed E-state index contributed by atoms with van der Waals surface area (Å²) < 4.78 is 21.3. The molecular formula is C23H22FN3O2S. The van der Waals surface area contributed by atoms with Crippen molar-refractivity contribution in [3.8, 4) is 11.4 Å². The summed E-state index contributed by atoms with van der Waals surface area (Å²) in [6.07, 6.45) is 0. The van der Waals surface area contributed by atoms with Gasteiger partial charge in [0.2, 0.25) is 0 Å². The minimum atomic E-state index is -0.375. The van der Waals surface area contributed by atoms with Crippen LogP contribution in [0.5, 0.6) is 0 Å². The first-order valence-corrected chi connectivity index (χ1v) is 10.7. The summed E-state index contributed by atoms with van der Waals surface area (Å²) in [5.41, 5.74) is 3.83. The number of halogens is 1. The Balaban J connectivity index is 1.68. The molecule has 0 bridgehead atoms. The maximum absolute atomic E-state index is 14.1. The van der Waals surface area contributed by atoms with E-state index in [0.717, 1.165) is 16.5 Å². The van der Waals surface area contributed by atoms with Crippen LogP contribution in [0, 0.1) is 12.7 Å². The average molecular weight is 424 g/mol. The maximum Gasteiger partial charge on any atom is 0.336 e. The highest BCUT2D eigenvalue weighted by Crippen LogP contribution is 2.31. The van der Waals surface area contributed by atoms with Crippen molar-refractivity contribution in [3.05, 3.63) is 75.4 Å². The van der Waals surface area contributed by atoms with E-state index in [1.165, 1.54) is 29.5 Å². The second-order valence-electron chi connectivity index (χ2n) is 7.58. The molecule has 0 saturated carbocycles. The molecule has 154 valence electrons. The van der Waals surface area contributed by atoms with Crippen LogP contribution in [0.1, 0.15) is 36.5 Å². The first-order valence-electron chi connectivity index (χ1n) is 9.69. The predicted octanol–water partition coefficient (Wildman–Crippen LogP) is 5.45. The van der Waals surface area contributed by atoms with Crippen molar-refractivity contribution in [1.29, 1.82) is 0 Å². The molecule has 5 nitrogen and oxygen atoms in total. The molecule has 0 aliphatic carbocycles. The van der Waals surface area contributed by atoms with Crippen LogP contribution >= 0.6 is 11.8 Å². The van der Waals surface area contributed by atoms with E-state index in [2.05, 4.69) is 30.1 Å². The van der Waals surface area contributed by atoms with E-state index in [1.807, 2.05) is 20.0 Å². The van der Waals surface area contributed by atoms with E-state index in [4.69, 9.17) is 4.42 Å². The van der Waals surface area contributed by atoms with Crippen LogP contribution in [0.15, 0.2) is 56.8 Å². The molecule has 4 rings (SSSR count). The smallest absolute Gasteiger partial charge is 0.336 e. The van der Waals surface area contributed by atoms with Crippen LogP contribution in [0.25, 0.3) is 22.4 Å². The van der Waals surface area contributed by atoms with Crippen LogP contribution in [0.4, 0.5) is 4.39 Å². The van der Waals surface area contributed by atoms with Crippen LogP contribution in [-0.4, -0.2) is 14.8 Å². The lowest BCUT2D eigenvalue weighted by Crippen LogP contribution is -2.02. The van der Waals surface area contributed by atoms with Gasteiger partial charge in [0.05, 0.1) is 5.56 Å². The molecular weight excluding hydrogens is 401 g/mol. The van der Waals surface area contributed by atoms with Crippen LogP contribution in [0.2, 0.25) is 0 Å². The van der Waals surface area contributed by atoms with Crippen LogP contribution < -0.4 is 5.63 Å². The predicted molar refractivity (Wildman–Crippen MR) is 117 cm³/mol. The Bertz CT molecular complexity index is 1290. The lowest BCUT2D eigenvalue weighted by molar-refractivity contribution is 0.559. The molecule has 4 aromatic rings. The van der Waals surface area contributed by atoms with E-state index >= 15 is 0 Å². The summed E-state index contributed by atoms with van der Waals surface area (Å²) in [6.45, 7) is 6.32. The first-order chi connectivity index (χ1) is 14.3. The average Bonchev–Trinajstić information content (AvgIpc) is 3.06. The van der Waals surface area contributed by atoms with Gasteiger partial charge in [0.25, 0.3) is 0 Å². The number of aryl methyl sites for hydroxylation is 1. The van der Waals surface area contributed by atoms with Crippen molar-refractivity contribution in [2.24, 2.45) is 7.05 Å². The van der Waals surface area contributed by atoms with Gasteiger partial charge in [-0.3, -0.25) is 0 Å². The molecule has 2 heterocycles. The molecule has 0 N–H and O–H groups in total. The first kappa shape index (κ1) is 20.3. The molecule has 2 aromatic heterocycles. The van der Waals surface area contributed by atoms with Gasteiger partial charge in [-0.1, -0.05) is 37.7 Å². The number of hydrogen-bond acceptors (Lipinski definition) is 5. The van der Waals surface area contributed by atoms with E-state index < -0.39 is 0 Å². The van der Waals surface area contributed by atoms with Gasteiger partial charge in [-0.05, 0) is 53.8 Å². The van der Waals surface area contributed by atoms with E-state index in [9.17, 15) is 9.18 Å². The molecule has 0 saturated heterocycles. The van der Waals surface area contributed by atoms with E-state index in [0.29, 0.717) is 33.8 Å². The number of aromatic nitrogens is 3. The van der Waals surface area contributed by atoms with Gasteiger partial charge in [0, 0.05) is 24.3 Å². The second kappa shape index (κ2) is 8.07. The summed E-state index contributed by atoms with van der Waals surface area (Å²) in [7, 11) is 1.81. The third-order valence-electron chi connectivity index (χ3n) is 5.15. The zero-order valence-electron chi connectivity index (χ0n) is 17.3. The van der Waals surface area contributed by atoms with E-state index in [1.54, 1.807) is 22.8 Å². The number of nitrogens with zero attached hydrogens (tertiary/aromatic N) is 3. The summed E-state index contributed by atoms with van der Waals surface area (Å²) in [5, 5.41) is 9.95. The molecule has 0 fully saturated rings. The van der Waals surface area contributed by atoms with Crippen molar-refractivity contribution < 1.29 is 8.81 Å². The minimum Gasteiger partial charge on any atom is -0.423 e. The third-order valence-corrected chi connectivity index (χ3v) is 6.21. The van der Waals surface area contributed by atoms with Crippen molar-refractivity contribution in [1.82, 2.24) is 14.8 Å². The SMILES string of the molecule is Cc1cc2oc(=O)cc(CSc3nnc(-c4ccccc4F)n3C)c2cc1C(C)C. The minimum absolute atomic E-state index is 0.340. The normalized spacial score (nSPS) is 11.5. The van der Waals surface area contributed by atoms with Crippen LogP contribution in [-0.2, 0) is 12.8 Å². The number of benzene rings is 2. The quantitative estimate of drug-likeness (QED) is 0.315. The van der Waals surface area contributed by atoms with Gasteiger partial charge in [-0.2, -0.15) is 0 Å². The van der Waals surface area contributed by atoms with Crippen molar-refractivity contribution in [2.75, 3.05) is 0 Å². The van der Waals surface area contributed by atoms with Crippen LogP contribution in [0.3, 0.4) is 0 Å². The summed E-state index contributed by atoms with van der Waals surface area (Å²) >= 11 is 1.45. The Labute approximate surface area is 177 Å². The van der Waals surface area contributed by atoms with Gasteiger partial charge in [-0.15, -0.1) is 10.2 Å². The fourth-order valence-corrected chi connectivity index (χ4v) is 4.49. The van der Waals surface area contributed by atoms with Gasteiger partial charge < -0.3 is 8.98 Å². The zero-order chi connectivity index (χ0) is 21.4. The van der Waals surface area contributed by atoms with Gasteiger partial charge in [-0.25, -0.2) is 9.18 Å². The highest BCUT2D eigenvalue weighted by atomic mass is 32.2. The molecule has 0 aliphatic rings. The largest absolute Gasteiger partial charge is 0.423 e. The van der Waals surface area contributed by atoms with Gasteiger partial charge in [0.1, 0.15) is 11.4 Å². The number of hydrogen-bond donors (Lipinski definition) is 0. The van der Waals surface area contributed by atoms with Gasteiger partial charge in [0.15, 0.2) is 11.0 Å². The second-order valence-corrected chi connectivity index (χ2v) is 8.53. The molecule has 0 aliphatic heterocycles. The van der Waals surface area contributed by atoms with Gasteiger partial charge >= 0.3 is 5.63 Å². The van der Waals surface area contributed by atoms with E-state index in [-0.39, 0.29) is 11.4 Å². The summed E-state index contributed by atoms with van der Waals surface area (Å²) in [5.74, 6) is 1.01. The molecule has 0 unspecified atom stereocenters. The number of fused-ring (bicyclic) bond motifs is 1. The van der Waals surface area contributed by atoms with Crippen molar-refractivity contribution in [3.63, 3.8) is 0 Å². The third kappa shape index (κ3) is 3.77. The Kier molecular flexibility index (Phi) is 5.47. The molecule has 2 aromatic carbocycles. The number of thioether (sulfide) groups is 1. The zero-order valence-corrected chi connectivity index (χ0v) is 18.1. The molecule has 30 heavy (non-hydrogen) atoms. The Morgan fingerprint density at radius 1 is 1.17 bits per heavy atom. The molecule has 7 heteroatoms. The van der Waals surface area contributed by atoms with Crippen molar-refractivity contribution in [2.45, 2.75) is 37.6 Å². The highest BCUT2D eigenvalue weighted by molar-refractivity contribution is 7.98.